The van der Waals surface area contributed by atoms with Gasteiger partial charge in [0, 0.05) is 0 Å². The molecule has 1 aromatic rings. The van der Waals surface area contributed by atoms with Crippen LogP contribution in [-0.2, 0) is 11.2 Å². The van der Waals surface area contributed by atoms with Crippen LogP contribution >= 0.6 is 0 Å². The summed E-state index contributed by atoms with van der Waals surface area (Å²) in [6.07, 6.45) is -0.729. The van der Waals surface area contributed by atoms with Gasteiger partial charge < -0.3 is 5.11 Å². The zero-order valence-electron chi connectivity index (χ0n) is 9.83. The van der Waals surface area contributed by atoms with Crippen LogP contribution < -0.4 is 0 Å². The second-order valence-electron chi connectivity index (χ2n) is 4.68. The molecule has 1 N–H and O–H groups in total. The number of rotatable bonds is 4. The second kappa shape index (κ2) is 4.64. The monoisotopic (exact) mass is 224 g/mol. The van der Waals surface area contributed by atoms with Crippen molar-refractivity contribution in [1.29, 1.82) is 0 Å². The Hall–Kier alpha value is -1.38. The molecule has 2 nitrogen and oxygen atoms in total. The van der Waals surface area contributed by atoms with Gasteiger partial charge in [-0.1, -0.05) is 24.3 Å². The molecule has 1 aromatic carbocycles. The molecule has 88 valence electrons. The average Bonchev–Trinajstić information content (AvgIpc) is 2.17. The Bertz CT molecular complexity index is 383. The van der Waals surface area contributed by atoms with Gasteiger partial charge in [0.05, 0.1) is 5.41 Å². The van der Waals surface area contributed by atoms with E-state index in [2.05, 4.69) is 0 Å². The number of carbonyl (C=O) groups is 1. The van der Waals surface area contributed by atoms with Crippen molar-refractivity contribution in [3.63, 3.8) is 0 Å². The van der Waals surface area contributed by atoms with Crippen LogP contribution in [0.25, 0.3) is 0 Å². The zero-order valence-corrected chi connectivity index (χ0v) is 9.83. The number of hydrogen-bond donors (Lipinski definition) is 1. The molecule has 0 fully saturated rings. The van der Waals surface area contributed by atoms with Crippen LogP contribution in [0, 0.1) is 5.41 Å². The third-order valence-corrected chi connectivity index (χ3v) is 2.69. The summed E-state index contributed by atoms with van der Waals surface area (Å²) in [6.45, 7) is 4.76. The van der Waals surface area contributed by atoms with Gasteiger partial charge in [-0.25, -0.2) is 4.39 Å². The predicted octanol–water partition coefficient (Wildman–Crippen LogP) is 3.37. The predicted molar refractivity (Wildman–Crippen MR) is 61.1 cm³/mol. The molecule has 0 aliphatic rings. The van der Waals surface area contributed by atoms with E-state index < -0.39 is 17.6 Å². The zero-order chi connectivity index (χ0) is 12.3. The highest BCUT2D eigenvalue weighted by Crippen LogP contribution is 2.28. The minimum Gasteiger partial charge on any atom is -0.481 e. The number of carboxylic acid groups (broad SMARTS) is 1. The quantitative estimate of drug-likeness (QED) is 0.851. The van der Waals surface area contributed by atoms with Crippen LogP contribution in [0.15, 0.2) is 24.3 Å². The van der Waals surface area contributed by atoms with Crippen molar-refractivity contribution >= 4 is 5.97 Å². The fourth-order valence-electron chi connectivity index (χ4n) is 1.63. The minimum absolute atomic E-state index is 0.340. The molecule has 16 heavy (non-hydrogen) atoms. The van der Waals surface area contributed by atoms with E-state index in [4.69, 9.17) is 5.11 Å². The third-order valence-electron chi connectivity index (χ3n) is 2.69. The van der Waals surface area contributed by atoms with Gasteiger partial charge in [0.15, 0.2) is 0 Å². The average molecular weight is 224 g/mol. The lowest BCUT2D eigenvalue weighted by atomic mass is 9.84. The third kappa shape index (κ3) is 2.81. The topological polar surface area (TPSA) is 37.3 Å². The Kier molecular flexibility index (Phi) is 3.68. The van der Waals surface area contributed by atoms with Crippen molar-refractivity contribution in [2.75, 3.05) is 0 Å². The Balaban J connectivity index is 3.01. The second-order valence-corrected chi connectivity index (χ2v) is 4.68. The molecule has 0 aliphatic carbocycles. The van der Waals surface area contributed by atoms with Gasteiger partial charge in [-0.15, -0.1) is 0 Å². The lowest BCUT2D eigenvalue weighted by molar-refractivity contribution is -0.146. The fraction of sp³-hybridized carbons (Fsp3) is 0.462. The van der Waals surface area contributed by atoms with E-state index in [0.29, 0.717) is 12.0 Å². The summed E-state index contributed by atoms with van der Waals surface area (Å²) < 4.78 is 13.3. The van der Waals surface area contributed by atoms with Crippen LogP contribution in [0.3, 0.4) is 0 Å². The number of hydrogen-bond acceptors (Lipinski definition) is 1. The van der Waals surface area contributed by atoms with Crippen LogP contribution in [-0.4, -0.2) is 11.1 Å². The molecule has 1 atom stereocenters. The van der Waals surface area contributed by atoms with Crippen molar-refractivity contribution in [2.45, 2.75) is 33.4 Å². The maximum atomic E-state index is 13.3. The van der Waals surface area contributed by atoms with Gasteiger partial charge in [-0.05, 0) is 38.3 Å². The number of benzene rings is 1. The van der Waals surface area contributed by atoms with E-state index >= 15 is 0 Å². The lowest BCUT2D eigenvalue weighted by Gasteiger charge is -2.21. The first kappa shape index (κ1) is 12.7. The molecule has 0 saturated heterocycles. The van der Waals surface area contributed by atoms with Gasteiger partial charge in [-0.2, -0.15) is 0 Å². The molecule has 3 heteroatoms. The summed E-state index contributed by atoms with van der Waals surface area (Å²) in [5, 5.41) is 9.04. The van der Waals surface area contributed by atoms with Crippen molar-refractivity contribution in [1.82, 2.24) is 0 Å². The fourth-order valence-corrected chi connectivity index (χ4v) is 1.63. The molecule has 0 heterocycles. The lowest BCUT2D eigenvalue weighted by Crippen LogP contribution is -2.26. The summed E-state index contributed by atoms with van der Waals surface area (Å²) in [6, 6.07) is 7.07. The molecular formula is C13H17FO2. The molecule has 0 amide bonds. The maximum Gasteiger partial charge on any atom is 0.309 e. The van der Waals surface area contributed by atoms with E-state index in [-0.39, 0.29) is 0 Å². The van der Waals surface area contributed by atoms with E-state index in [9.17, 15) is 9.18 Å². The Morgan fingerprint density at radius 2 is 2.00 bits per heavy atom. The van der Waals surface area contributed by atoms with Gasteiger partial charge in [0.1, 0.15) is 6.17 Å². The highest BCUT2D eigenvalue weighted by Gasteiger charge is 2.28. The first-order valence-electron chi connectivity index (χ1n) is 5.30. The van der Waals surface area contributed by atoms with E-state index in [1.807, 2.05) is 0 Å². The molecule has 0 aromatic heterocycles. The van der Waals surface area contributed by atoms with Crippen molar-refractivity contribution in [3.05, 3.63) is 35.4 Å². The molecule has 1 rings (SSSR count). The summed E-state index contributed by atoms with van der Waals surface area (Å²) in [7, 11) is 0. The SMILES string of the molecule is CC(F)c1ccccc1CC(C)(C)C(=O)O. The standard InChI is InChI=1S/C13H17FO2/c1-9(14)11-7-5-4-6-10(11)8-13(2,3)12(15)16/h4-7,9H,8H2,1-3H3,(H,15,16). The molecule has 0 bridgehead atoms. The van der Waals surface area contributed by atoms with Gasteiger partial charge in [-0.3, -0.25) is 4.79 Å². The highest BCUT2D eigenvalue weighted by atomic mass is 19.1. The number of carboxylic acids is 1. The molecule has 0 radical (unpaired) electrons. The number of alkyl halides is 1. The molecular weight excluding hydrogens is 207 g/mol. The minimum atomic E-state index is -1.07. The Labute approximate surface area is 95.1 Å². The Morgan fingerprint density at radius 3 is 2.50 bits per heavy atom. The summed E-state index contributed by atoms with van der Waals surface area (Å²) in [4.78, 5) is 11.0. The van der Waals surface area contributed by atoms with E-state index in [1.165, 1.54) is 6.92 Å². The van der Waals surface area contributed by atoms with Crippen LogP contribution in [0.5, 0.6) is 0 Å². The first-order chi connectivity index (χ1) is 7.34. The molecule has 0 spiro atoms. The van der Waals surface area contributed by atoms with Crippen LogP contribution in [0.1, 0.15) is 38.1 Å². The summed E-state index contributed by atoms with van der Waals surface area (Å²) in [5.74, 6) is -0.867. The van der Waals surface area contributed by atoms with Gasteiger partial charge >= 0.3 is 5.97 Å². The molecule has 1 unspecified atom stereocenters. The van der Waals surface area contributed by atoms with Gasteiger partial charge in [0.2, 0.25) is 0 Å². The summed E-state index contributed by atoms with van der Waals surface area (Å²) >= 11 is 0. The van der Waals surface area contributed by atoms with E-state index in [0.717, 1.165) is 5.56 Å². The normalized spacial score (nSPS) is 13.5. The molecule has 0 aliphatic heterocycles. The largest absolute Gasteiger partial charge is 0.481 e. The summed E-state index contributed by atoms with van der Waals surface area (Å²) in [5.41, 5.74) is 0.479. The Morgan fingerprint density at radius 1 is 1.44 bits per heavy atom. The maximum absolute atomic E-state index is 13.3. The number of aliphatic carboxylic acids is 1. The molecule has 0 saturated carbocycles. The van der Waals surface area contributed by atoms with E-state index in [1.54, 1.807) is 38.1 Å². The van der Waals surface area contributed by atoms with Crippen LogP contribution in [0.4, 0.5) is 4.39 Å². The van der Waals surface area contributed by atoms with Crippen molar-refractivity contribution in [2.24, 2.45) is 5.41 Å². The number of halogens is 1. The van der Waals surface area contributed by atoms with Crippen molar-refractivity contribution < 1.29 is 14.3 Å². The highest BCUT2D eigenvalue weighted by molar-refractivity contribution is 5.74. The van der Waals surface area contributed by atoms with Gasteiger partial charge in [0.25, 0.3) is 0 Å². The first-order valence-corrected chi connectivity index (χ1v) is 5.30. The van der Waals surface area contributed by atoms with Crippen molar-refractivity contribution in [3.8, 4) is 0 Å². The van der Waals surface area contributed by atoms with Crippen LogP contribution in [0.2, 0.25) is 0 Å². The smallest absolute Gasteiger partial charge is 0.309 e.